The fraction of sp³-hybridized carbons (Fsp3) is 0.250. The van der Waals surface area contributed by atoms with Gasteiger partial charge in [0, 0.05) is 6.54 Å². The average Bonchev–Trinajstić information content (AvgIpc) is 3.26. The van der Waals surface area contributed by atoms with E-state index >= 15 is 0 Å². The van der Waals surface area contributed by atoms with Crippen LogP contribution < -0.4 is 5.32 Å². The number of hydrogen-bond donors (Lipinski definition) is 1. The van der Waals surface area contributed by atoms with Gasteiger partial charge in [-0.3, -0.25) is 0 Å². The molecule has 20 heavy (non-hydrogen) atoms. The first kappa shape index (κ1) is 14.1. The molecular weight excluding hydrogens is 313 g/mol. The number of nitrogens with one attached hydrogen (secondary N) is 1. The number of benzene rings is 2. The van der Waals surface area contributed by atoms with Crippen LogP contribution in [-0.4, -0.2) is 0 Å². The van der Waals surface area contributed by atoms with Crippen LogP contribution in [0.2, 0.25) is 15.1 Å². The molecule has 1 saturated carbocycles. The molecule has 0 unspecified atom stereocenters. The quantitative estimate of drug-likeness (QED) is 0.666. The summed E-state index contributed by atoms with van der Waals surface area (Å²) in [6, 6.07) is 12.0. The zero-order chi connectivity index (χ0) is 14.1. The van der Waals surface area contributed by atoms with Crippen molar-refractivity contribution < 1.29 is 0 Å². The monoisotopic (exact) mass is 325 g/mol. The van der Waals surface area contributed by atoms with Crippen molar-refractivity contribution in [1.82, 2.24) is 0 Å². The fourth-order valence-electron chi connectivity index (χ4n) is 2.34. The summed E-state index contributed by atoms with van der Waals surface area (Å²) in [6.07, 6.45) is 2.59. The zero-order valence-electron chi connectivity index (χ0n) is 10.8. The first-order valence-corrected chi connectivity index (χ1v) is 7.75. The van der Waals surface area contributed by atoms with Crippen LogP contribution in [-0.2, 0) is 6.54 Å². The van der Waals surface area contributed by atoms with E-state index in [0.717, 1.165) is 18.2 Å². The lowest BCUT2D eigenvalue weighted by atomic mass is 10.0. The highest BCUT2D eigenvalue weighted by Gasteiger charge is 2.25. The lowest BCUT2D eigenvalue weighted by Crippen LogP contribution is -2.03. The van der Waals surface area contributed by atoms with E-state index in [1.165, 1.54) is 24.0 Å². The molecule has 0 saturated heterocycles. The van der Waals surface area contributed by atoms with Crippen molar-refractivity contribution in [2.75, 3.05) is 5.32 Å². The molecule has 1 N–H and O–H groups in total. The summed E-state index contributed by atoms with van der Waals surface area (Å²) in [5, 5.41) is 4.91. The van der Waals surface area contributed by atoms with Crippen LogP contribution in [0.3, 0.4) is 0 Å². The molecule has 1 nitrogen and oxygen atoms in total. The molecule has 0 amide bonds. The lowest BCUT2D eigenvalue weighted by Gasteiger charge is -2.13. The summed E-state index contributed by atoms with van der Waals surface area (Å²) in [7, 11) is 0. The van der Waals surface area contributed by atoms with Gasteiger partial charge in [0.25, 0.3) is 0 Å². The number of hydrogen-bond acceptors (Lipinski definition) is 1. The van der Waals surface area contributed by atoms with Gasteiger partial charge in [-0.05, 0) is 42.0 Å². The maximum atomic E-state index is 6.18. The van der Waals surface area contributed by atoms with Crippen LogP contribution in [0.15, 0.2) is 36.4 Å². The average molecular weight is 327 g/mol. The Hall–Kier alpha value is -0.890. The fourth-order valence-corrected chi connectivity index (χ4v) is 2.95. The second-order valence-corrected chi connectivity index (χ2v) is 6.29. The van der Waals surface area contributed by atoms with Gasteiger partial charge in [-0.15, -0.1) is 0 Å². The standard InChI is InChI=1S/C16H14Cl3N/c17-13-7-15(19)16(8-14(13)18)20-9-11-3-1-2-4-12(11)10-5-6-10/h1-4,7-8,10,20H,5-6,9H2. The normalized spacial score (nSPS) is 14.3. The zero-order valence-corrected chi connectivity index (χ0v) is 13.1. The van der Waals surface area contributed by atoms with Gasteiger partial charge in [-0.2, -0.15) is 0 Å². The molecule has 1 fully saturated rings. The smallest absolute Gasteiger partial charge is 0.0653 e. The summed E-state index contributed by atoms with van der Waals surface area (Å²) in [5.74, 6) is 0.734. The molecule has 104 valence electrons. The Morgan fingerprint density at radius 2 is 1.65 bits per heavy atom. The van der Waals surface area contributed by atoms with E-state index in [0.29, 0.717) is 15.1 Å². The maximum absolute atomic E-state index is 6.18. The topological polar surface area (TPSA) is 12.0 Å². The third-order valence-electron chi connectivity index (χ3n) is 3.55. The molecule has 0 atom stereocenters. The van der Waals surface area contributed by atoms with E-state index in [4.69, 9.17) is 34.8 Å². The highest BCUT2D eigenvalue weighted by atomic mass is 35.5. The van der Waals surface area contributed by atoms with E-state index in [-0.39, 0.29) is 0 Å². The van der Waals surface area contributed by atoms with Gasteiger partial charge in [0.2, 0.25) is 0 Å². The summed E-state index contributed by atoms with van der Waals surface area (Å²) >= 11 is 18.1. The van der Waals surface area contributed by atoms with Crippen molar-refractivity contribution in [3.05, 3.63) is 62.6 Å². The summed E-state index contributed by atoms with van der Waals surface area (Å²) in [5.41, 5.74) is 3.57. The molecule has 0 heterocycles. The highest BCUT2D eigenvalue weighted by Crippen LogP contribution is 2.42. The van der Waals surface area contributed by atoms with Crippen LogP contribution in [0.4, 0.5) is 5.69 Å². The van der Waals surface area contributed by atoms with Gasteiger partial charge in [0.1, 0.15) is 0 Å². The van der Waals surface area contributed by atoms with Crippen molar-refractivity contribution in [1.29, 1.82) is 0 Å². The van der Waals surface area contributed by atoms with Gasteiger partial charge in [0.05, 0.1) is 20.8 Å². The van der Waals surface area contributed by atoms with Gasteiger partial charge >= 0.3 is 0 Å². The molecule has 1 aliphatic rings. The van der Waals surface area contributed by atoms with Crippen molar-refractivity contribution >= 4 is 40.5 Å². The first-order valence-electron chi connectivity index (χ1n) is 6.61. The largest absolute Gasteiger partial charge is 0.380 e. The third kappa shape index (κ3) is 3.06. The maximum Gasteiger partial charge on any atom is 0.0653 e. The van der Waals surface area contributed by atoms with Gasteiger partial charge < -0.3 is 5.32 Å². The lowest BCUT2D eigenvalue weighted by molar-refractivity contribution is 1.04. The molecule has 0 aliphatic heterocycles. The second-order valence-electron chi connectivity index (χ2n) is 5.07. The van der Waals surface area contributed by atoms with E-state index in [2.05, 4.69) is 29.6 Å². The van der Waals surface area contributed by atoms with E-state index in [9.17, 15) is 0 Å². The molecule has 0 aromatic heterocycles. The van der Waals surface area contributed by atoms with Crippen LogP contribution in [0.1, 0.15) is 29.9 Å². The van der Waals surface area contributed by atoms with Crippen molar-refractivity contribution in [3.8, 4) is 0 Å². The predicted octanol–water partition coefficient (Wildman–Crippen LogP) is 6.14. The van der Waals surface area contributed by atoms with Gasteiger partial charge in [0.15, 0.2) is 0 Å². The van der Waals surface area contributed by atoms with Crippen LogP contribution in [0, 0.1) is 0 Å². The first-order chi connectivity index (χ1) is 9.65. The molecule has 0 spiro atoms. The molecule has 4 heteroatoms. The minimum Gasteiger partial charge on any atom is -0.380 e. The minimum absolute atomic E-state index is 0.473. The Morgan fingerprint density at radius 1 is 0.950 bits per heavy atom. The van der Waals surface area contributed by atoms with Crippen molar-refractivity contribution in [2.45, 2.75) is 25.3 Å². The Labute approximate surface area is 133 Å². The third-order valence-corrected chi connectivity index (χ3v) is 4.59. The molecule has 0 bridgehead atoms. The summed E-state index contributed by atoms with van der Waals surface area (Å²) < 4.78 is 0. The predicted molar refractivity (Wildman–Crippen MR) is 87.2 cm³/mol. The number of rotatable bonds is 4. The minimum atomic E-state index is 0.473. The van der Waals surface area contributed by atoms with Crippen LogP contribution >= 0.6 is 34.8 Å². The molecule has 1 aliphatic carbocycles. The Morgan fingerprint density at radius 3 is 2.40 bits per heavy atom. The number of halogens is 3. The molecular formula is C16H14Cl3N. The Kier molecular flexibility index (Phi) is 4.11. The van der Waals surface area contributed by atoms with E-state index < -0.39 is 0 Å². The SMILES string of the molecule is Clc1cc(Cl)c(NCc2ccccc2C2CC2)cc1Cl. The van der Waals surface area contributed by atoms with Gasteiger partial charge in [-0.1, -0.05) is 59.1 Å². The summed E-state index contributed by atoms with van der Waals surface area (Å²) in [4.78, 5) is 0. The Balaban J connectivity index is 1.78. The van der Waals surface area contributed by atoms with Crippen molar-refractivity contribution in [2.24, 2.45) is 0 Å². The molecule has 0 radical (unpaired) electrons. The van der Waals surface area contributed by atoms with Gasteiger partial charge in [-0.25, -0.2) is 0 Å². The molecule has 3 rings (SSSR count). The molecule has 2 aromatic rings. The van der Waals surface area contributed by atoms with Crippen molar-refractivity contribution in [3.63, 3.8) is 0 Å². The number of anilines is 1. The van der Waals surface area contributed by atoms with E-state index in [1.54, 1.807) is 12.1 Å². The van der Waals surface area contributed by atoms with E-state index in [1.807, 2.05) is 0 Å². The van der Waals surface area contributed by atoms with Crippen LogP contribution in [0.25, 0.3) is 0 Å². The Bertz CT molecular complexity index is 636. The summed E-state index contributed by atoms with van der Waals surface area (Å²) in [6.45, 7) is 0.740. The highest BCUT2D eigenvalue weighted by molar-refractivity contribution is 6.44. The van der Waals surface area contributed by atoms with Crippen LogP contribution in [0.5, 0.6) is 0 Å². The second kappa shape index (κ2) is 5.85. The molecule has 2 aromatic carbocycles.